The second kappa shape index (κ2) is 5.28. The fraction of sp³-hybridized carbons (Fsp3) is 0.538. The number of nitrogens with zero attached hydrogens (tertiary/aromatic N) is 1. The molecule has 1 saturated heterocycles. The van der Waals surface area contributed by atoms with Crippen molar-refractivity contribution in [1.82, 2.24) is 0 Å². The minimum absolute atomic E-state index is 0.201. The van der Waals surface area contributed by atoms with Gasteiger partial charge in [-0.15, -0.1) is 0 Å². The number of para-hydroxylation sites is 1. The van der Waals surface area contributed by atoms with Crippen LogP contribution in [0.25, 0.3) is 0 Å². The molecule has 1 N–H and O–H groups in total. The van der Waals surface area contributed by atoms with Crippen LogP contribution in [0.1, 0.15) is 12.8 Å². The standard InChI is InChI=1S/C13H19NO3S/c1-18(16,17)13-5-3-2-4-12(13)14-8-6-11(10-14)7-9-15/h2-5,11,15H,6-10H2,1H3. The zero-order valence-electron chi connectivity index (χ0n) is 10.5. The predicted molar refractivity (Wildman–Crippen MR) is 71.6 cm³/mol. The fourth-order valence-electron chi connectivity index (χ4n) is 2.50. The van der Waals surface area contributed by atoms with Crippen molar-refractivity contribution < 1.29 is 13.5 Å². The molecule has 1 aromatic carbocycles. The van der Waals surface area contributed by atoms with Gasteiger partial charge in [-0.25, -0.2) is 8.42 Å². The SMILES string of the molecule is CS(=O)(=O)c1ccccc1N1CCC(CCO)C1. The van der Waals surface area contributed by atoms with Crippen LogP contribution < -0.4 is 4.90 Å². The van der Waals surface area contributed by atoms with Crippen LogP contribution >= 0.6 is 0 Å². The molecule has 1 aliphatic rings. The summed E-state index contributed by atoms with van der Waals surface area (Å²) < 4.78 is 23.5. The lowest BCUT2D eigenvalue weighted by Crippen LogP contribution is -2.22. The van der Waals surface area contributed by atoms with Crippen molar-refractivity contribution in [3.63, 3.8) is 0 Å². The van der Waals surface area contributed by atoms with Crippen molar-refractivity contribution >= 4 is 15.5 Å². The summed E-state index contributed by atoms with van der Waals surface area (Å²) in [7, 11) is -3.19. The third kappa shape index (κ3) is 2.84. The van der Waals surface area contributed by atoms with E-state index >= 15 is 0 Å². The number of anilines is 1. The smallest absolute Gasteiger partial charge is 0.177 e. The van der Waals surface area contributed by atoms with Gasteiger partial charge in [0, 0.05) is 26.0 Å². The number of rotatable bonds is 4. The van der Waals surface area contributed by atoms with Crippen molar-refractivity contribution in [3.05, 3.63) is 24.3 Å². The third-order valence-electron chi connectivity index (χ3n) is 3.43. The van der Waals surface area contributed by atoms with E-state index in [1.165, 1.54) is 6.26 Å². The van der Waals surface area contributed by atoms with Crippen LogP contribution in [0.5, 0.6) is 0 Å². The molecule has 0 amide bonds. The Hall–Kier alpha value is -1.07. The second-order valence-corrected chi connectivity index (χ2v) is 6.84. The summed E-state index contributed by atoms with van der Waals surface area (Å²) in [5, 5.41) is 8.95. The number of aliphatic hydroxyl groups is 1. The van der Waals surface area contributed by atoms with Crippen molar-refractivity contribution in [1.29, 1.82) is 0 Å². The molecule has 5 heteroatoms. The summed E-state index contributed by atoms with van der Waals surface area (Å²) in [6.45, 7) is 1.89. The largest absolute Gasteiger partial charge is 0.396 e. The van der Waals surface area contributed by atoms with Gasteiger partial charge in [-0.05, 0) is 30.9 Å². The molecule has 1 aromatic rings. The molecule has 2 rings (SSSR count). The highest BCUT2D eigenvalue weighted by Crippen LogP contribution is 2.30. The van der Waals surface area contributed by atoms with E-state index in [-0.39, 0.29) is 6.61 Å². The summed E-state index contributed by atoms with van der Waals surface area (Å²) in [6, 6.07) is 7.13. The van der Waals surface area contributed by atoms with Gasteiger partial charge < -0.3 is 10.0 Å². The highest BCUT2D eigenvalue weighted by molar-refractivity contribution is 7.90. The molecular weight excluding hydrogens is 250 g/mol. The van der Waals surface area contributed by atoms with Gasteiger partial charge in [0.25, 0.3) is 0 Å². The van der Waals surface area contributed by atoms with Gasteiger partial charge in [0.05, 0.1) is 10.6 Å². The molecule has 0 radical (unpaired) electrons. The third-order valence-corrected chi connectivity index (χ3v) is 4.57. The van der Waals surface area contributed by atoms with E-state index in [1.54, 1.807) is 12.1 Å². The monoisotopic (exact) mass is 269 g/mol. The van der Waals surface area contributed by atoms with Gasteiger partial charge in [-0.3, -0.25) is 0 Å². The highest BCUT2D eigenvalue weighted by Gasteiger charge is 2.25. The molecule has 0 bridgehead atoms. The van der Waals surface area contributed by atoms with E-state index in [0.29, 0.717) is 10.8 Å². The lowest BCUT2D eigenvalue weighted by Gasteiger charge is -2.21. The zero-order chi connectivity index (χ0) is 13.2. The molecular formula is C13H19NO3S. The maximum absolute atomic E-state index is 11.8. The lowest BCUT2D eigenvalue weighted by atomic mass is 10.1. The minimum atomic E-state index is -3.19. The molecule has 1 unspecified atom stereocenters. The molecule has 0 spiro atoms. The summed E-state index contributed by atoms with van der Waals surface area (Å²) >= 11 is 0. The van der Waals surface area contributed by atoms with Gasteiger partial charge in [0.15, 0.2) is 9.84 Å². The van der Waals surface area contributed by atoms with Crippen molar-refractivity contribution in [2.24, 2.45) is 5.92 Å². The van der Waals surface area contributed by atoms with Crippen LogP contribution in [0.15, 0.2) is 29.2 Å². The van der Waals surface area contributed by atoms with E-state index in [0.717, 1.165) is 31.6 Å². The first-order valence-corrected chi connectivity index (χ1v) is 8.06. The quantitative estimate of drug-likeness (QED) is 0.895. The van der Waals surface area contributed by atoms with Crippen molar-refractivity contribution in [2.45, 2.75) is 17.7 Å². The topological polar surface area (TPSA) is 57.6 Å². The number of aliphatic hydroxyl groups excluding tert-OH is 1. The van der Waals surface area contributed by atoms with Crippen LogP contribution in [0.3, 0.4) is 0 Å². The van der Waals surface area contributed by atoms with Gasteiger partial charge >= 0.3 is 0 Å². The maximum atomic E-state index is 11.8. The molecule has 0 aromatic heterocycles. The second-order valence-electron chi connectivity index (χ2n) is 4.85. The first kappa shape index (κ1) is 13.4. The number of hydrogen-bond acceptors (Lipinski definition) is 4. The minimum Gasteiger partial charge on any atom is -0.396 e. The molecule has 1 fully saturated rings. The normalized spacial score (nSPS) is 20.3. The molecule has 18 heavy (non-hydrogen) atoms. The average Bonchev–Trinajstić information content (AvgIpc) is 2.77. The van der Waals surface area contributed by atoms with E-state index in [2.05, 4.69) is 4.90 Å². The van der Waals surface area contributed by atoms with Crippen LogP contribution in [0.2, 0.25) is 0 Å². The number of benzene rings is 1. The number of sulfone groups is 1. The first-order valence-electron chi connectivity index (χ1n) is 6.17. The Morgan fingerprint density at radius 1 is 1.39 bits per heavy atom. The summed E-state index contributed by atoms with van der Waals surface area (Å²) in [5.74, 6) is 0.461. The van der Waals surface area contributed by atoms with Gasteiger partial charge in [0.1, 0.15) is 0 Å². The summed E-state index contributed by atoms with van der Waals surface area (Å²) in [6.07, 6.45) is 3.04. The van der Waals surface area contributed by atoms with Crippen LogP contribution in [-0.2, 0) is 9.84 Å². The Balaban J connectivity index is 2.25. The van der Waals surface area contributed by atoms with E-state index < -0.39 is 9.84 Å². The molecule has 0 aliphatic carbocycles. The van der Waals surface area contributed by atoms with E-state index in [9.17, 15) is 8.42 Å². The number of hydrogen-bond donors (Lipinski definition) is 1. The van der Waals surface area contributed by atoms with Crippen LogP contribution in [0, 0.1) is 5.92 Å². The van der Waals surface area contributed by atoms with Crippen molar-refractivity contribution in [2.75, 3.05) is 30.9 Å². The Morgan fingerprint density at radius 3 is 2.78 bits per heavy atom. The molecule has 0 saturated carbocycles. The Kier molecular flexibility index (Phi) is 3.92. The van der Waals surface area contributed by atoms with Gasteiger partial charge in [-0.2, -0.15) is 0 Å². The fourth-order valence-corrected chi connectivity index (χ4v) is 3.40. The predicted octanol–water partition coefficient (Wildman–Crippen LogP) is 1.30. The molecule has 1 heterocycles. The van der Waals surface area contributed by atoms with E-state index in [1.807, 2.05) is 12.1 Å². The average molecular weight is 269 g/mol. The molecule has 100 valence electrons. The van der Waals surface area contributed by atoms with Gasteiger partial charge in [0.2, 0.25) is 0 Å². The zero-order valence-corrected chi connectivity index (χ0v) is 11.4. The Labute approximate surface area is 108 Å². The van der Waals surface area contributed by atoms with Gasteiger partial charge in [-0.1, -0.05) is 12.1 Å². The highest BCUT2D eigenvalue weighted by atomic mass is 32.2. The lowest BCUT2D eigenvalue weighted by molar-refractivity contribution is 0.263. The molecule has 1 atom stereocenters. The molecule has 4 nitrogen and oxygen atoms in total. The maximum Gasteiger partial charge on any atom is 0.177 e. The Morgan fingerprint density at radius 2 is 2.11 bits per heavy atom. The summed E-state index contributed by atoms with van der Waals surface area (Å²) in [5.41, 5.74) is 0.792. The summed E-state index contributed by atoms with van der Waals surface area (Å²) in [4.78, 5) is 2.51. The van der Waals surface area contributed by atoms with Crippen LogP contribution in [0.4, 0.5) is 5.69 Å². The molecule has 1 aliphatic heterocycles. The van der Waals surface area contributed by atoms with Crippen molar-refractivity contribution in [3.8, 4) is 0 Å². The first-order chi connectivity index (χ1) is 8.52. The Bertz CT molecular complexity index is 513. The van der Waals surface area contributed by atoms with E-state index in [4.69, 9.17) is 5.11 Å². The van der Waals surface area contributed by atoms with Crippen LogP contribution in [-0.4, -0.2) is 39.5 Å².